The standard InChI is InChI=1S/C17H26N4O6S/c1-6-26-16-19-21(17(22)20(16)5)11-25-10-18-28(23,24)15-13(4)8-7-9-14(15)27-12(2)3/h7-9,12,18H,6,10-11H2,1-5H3. The average Bonchev–Trinajstić information content (AvgIpc) is 2.86. The second-order valence-corrected chi connectivity index (χ2v) is 7.95. The maximum atomic E-state index is 12.7. The van der Waals surface area contributed by atoms with Crippen molar-refractivity contribution in [1.82, 2.24) is 19.1 Å². The Morgan fingerprint density at radius 1 is 1.29 bits per heavy atom. The van der Waals surface area contributed by atoms with Crippen LogP contribution in [0.2, 0.25) is 0 Å². The molecule has 1 N–H and O–H groups in total. The van der Waals surface area contributed by atoms with Crippen LogP contribution in [0.1, 0.15) is 26.3 Å². The van der Waals surface area contributed by atoms with E-state index in [2.05, 4.69) is 9.82 Å². The lowest BCUT2D eigenvalue weighted by molar-refractivity contribution is 0.0627. The first-order valence-corrected chi connectivity index (χ1v) is 10.3. The molecule has 0 bridgehead atoms. The van der Waals surface area contributed by atoms with Crippen LogP contribution in [0.3, 0.4) is 0 Å². The summed E-state index contributed by atoms with van der Waals surface area (Å²) in [5.74, 6) is 0.268. The Hall–Kier alpha value is -2.37. The van der Waals surface area contributed by atoms with Crippen molar-refractivity contribution in [2.24, 2.45) is 7.05 Å². The SMILES string of the molecule is CCOc1nn(COCNS(=O)(=O)c2c(C)cccc2OC(C)C)c(=O)n1C. The summed E-state index contributed by atoms with van der Waals surface area (Å²) in [5, 5.41) is 3.97. The quantitative estimate of drug-likeness (QED) is 0.455. The van der Waals surface area contributed by atoms with Crippen molar-refractivity contribution in [1.29, 1.82) is 0 Å². The van der Waals surface area contributed by atoms with Gasteiger partial charge in [0.1, 0.15) is 24.1 Å². The molecule has 0 saturated carbocycles. The van der Waals surface area contributed by atoms with Gasteiger partial charge in [-0.1, -0.05) is 12.1 Å². The first kappa shape index (κ1) is 21.9. The van der Waals surface area contributed by atoms with Crippen molar-refractivity contribution in [2.75, 3.05) is 13.3 Å². The molecule has 0 saturated heterocycles. The normalized spacial score (nSPS) is 11.8. The fourth-order valence-electron chi connectivity index (χ4n) is 2.45. The molecule has 2 aromatic rings. The lowest BCUT2D eigenvalue weighted by Gasteiger charge is -2.16. The van der Waals surface area contributed by atoms with Crippen LogP contribution in [0.15, 0.2) is 27.9 Å². The van der Waals surface area contributed by atoms with Gasteiger partial charge in [0, 0.05) is 7.05 Å². The third kappa shape index (κ3) is 5.12. The lowest BCUT2D eigenvalue weighted by atomic mass is 10.2. The molecule has 11 heteroatoms. The van der Waals surface area contributed by atoms with Gasteiger partial charge in [0.25, 0.3) is 0 Å². The van der Waals surface area contributed by atoms with E-state index in [0.717, 1.165) is 4.68 Å². The summed E-state index contributed by atoms with van der Waals surface area (Å²) < 4.78 is 46.1. The number of hydrogen-bond donors (Lipinski definition) is 1. The van der Waals surface area contributed by atoms with Crippen LogP contribution in [-0.2, 0) is 28.5 Å². The summed E-state index contributed by atoms with van der Waals surface area (Å²) >= 11 is 0. The van der Waals surface area contributed by atoms with Crippen LogP contribution in [0, 0.1) is 6.92 Å². The molecule has 0 aliphatic heterocycles. The molecule has 1 aromatic heterocycles. The number of sulfonamides is 1. The minimum atomic E-state index is -3.88. The summed E-state index contributed by atoms with van der Waals surface area (Å²) in [6.45, 7) is 6.88. The van der Waals surface area contributed by atoms with E-state index in [0.29, 0.717) is 12.2 Å². The van der Waals surface area contributed by atoms with Crippen molar-refractivity contribution < 1.29 is 22.6 Å². The van der Waals surface area contributed by atoms with E-state index >= 15 is 0 Å². The highest BCUT2D eigenvalue weighted by molar-refractivity contribution is 7.89. The largest absolute Gasteiger partial charge is 0.490 e. The summed E-state index contributed by atoms with van der Waals surface area (Å²) in [5.41, 5.74) is 0.116. The van der Waals surface area contributed by atoms with Gasteiger partial charge < -0.3 is 14.2 Å². The molecule has 0 aliphatic carbocycles. The van der Waals surface area contributed by atoms with E-state index < -0.39 is 15.7 Å². The van der Waals surface area contributed by atoms with Crippen LogP contribution in [0.5, 0.6) is 11.8 Å². The molecule has 1 heterocycles. The van der Waals surface area contributed by atoms with Gasteiger partial charge in [-0.2, -0.15) is 9.40 Å². The van der Waals surface area contributed by atoms with Crippen molar-refractivity contribution >= 4 is 10.0 Å². The van der Waals surface area contributed by atoms with Gasteiger partial charge in [-0.05, 0) is 39.3 Å². The smallest absolute Gasteiger partial charge is 0.350 e. The van der Waals surface area contributed by atoms with E-state index in [1.54, 1.807) is 32.0 Å². The van der Waals surface area contributed by atoms with Crippen molar-refractivity contribution in [2.45, 2.75) is 45.4 Å². The molecule has 0 aliphatic rings. The zero-order valence-corrected chi connectivity index (χ0v) is 17.4. The number of benzene rings is 1. The summed E-state index contributed by atoms with van der Waals surface area (Å²) in [6.07, 6.45) is -0.178. The molecule has 28 heavy (non-hydrogen) atoms. The number of rotatable bonds is 10. The zero-order valence-electron chi connectivity index (χ0n) is 16.6. The van der Waals surface area contributed by atoms with Crippen LogP contribution in [0.25, 0.3) is 0 Å². The predicted octanol–water partition coefficient (Wildman–Crippen LogP) is 0.986. The maximum Gasteiger partial charge on any atom is 0.350 e. The molecule has 0 spiro atoms. The zero-order chi connectivity index (χ0) is 20.9. The fraction of sp³-hybridized carbons (Fsp3) is 0.529. The maximum absolute atomic E-state index is 12.7. The Morgan fingerprint density at radius 3 is 2.64 bits per heavy atom. The van der Waals surface area contributed by atoms with Gasteiger partial charge in [-0.25, -0.2) is 17.8 Å². The summed E-state index contributed by atoms with van der Waals surface area (Å²) in [7, 11) is -2.36. The number of aromatic nitrogens is 3. The minimum absolute atomic E-state index is 0.0564. The predicted molar refractivity (Wildman–Crippen MR) is 102 cm³/mol. The first-order valence-electron chi connectivity index (χ1n) is 8.77. The van der Waals surface area contributed by atoms with E-state index in [1.165, 1.54) is 11.6 Å². The van der Waals surface area contributed by atoms with E-state index in [-0.39, 0.29) is 36.2 Å². The highest BCUT2D eigenvalue weighted by Gasteiger charge is 2.22. The second-order valence-electron chi connectivity index (χ2n) is 6.25. The number of ether oxygens (including phenoxy) is 3. The van der Waals surface area contributed by atoms with Crippen molar-refractivity contribution in [3.8, 4) is 11.8 Å². The monoisotopic (exact) mass is 414 g/mol. The summed E-state index contributed by atoms with van der Waals surface area (Å²) in [4.78, 5) is 12.1. The fourth-order valence-corrected chi connectivity index (χ4v) is 3.70. The van der Waals surface area contributed by atoms with E-state index in [1.807, 2.05) is 13.8 Å². The van der Waals surface area contributed by atoms with Crippen molar-refractivity contribution in [3.63, 3.8) is 0 Å². The Balaban J connectivity index is 2.06. The molecule has 10 nitrogen and oxygen atoms in total. The van der Waals surface area contributed by atoms with Gasteiger partial charge >= 0.3 is 11.7 Å². The van der Waals surface area contributed by atoms with Gasteiger partial charge in [0.05, 0.1) is 12.7 Å². The topological polar surface area (TPSA) is 114 Å². The lowest BCUT2D eigenvalue weighted by Crippen LogP contribution is -2.30. The third-order valence-electron chi connectivity index (χ3n) is 3.65. The number of nitrogens with one attached hydrogen (secondary N) is 1. The van der Waals surface area contributed by atoms with Gasteiger partial charge in [-0.3, -0.25) is 0 Å². The Bertz CT molecular complexity index is 965. The number of nitrogens with zero attached hydrogens (tertiary/aromatic N) is 3. The second kappa shape index (κ2) is 9.22. The molecule has 0 fully saturated rings. The average molecular weight is 414 g/mol. The van der Waals surface area contributed by atoms with Crippen LogP contribution in [0.4, 0.5) is 0 Å². The molecule has 0 atom stereocenters. The Morgan fingerprint density at radius 2 is 2.00 bits per heavy atom. The molecular weight excluding hydrogens is 388 g/mol. The Labute approximate surface area is 164 Å². The van der Waals surface area contributed by atoms with Crippen LogP contribution >= 0.6 is 0 Å². The highest BCUT2D eigenvalue weighted by Crippen LogP contribution is 2.27. The third-order valence-corrected chi connectivity index (χ3v) is 5.20. The van der Waals surface area contributed by atoms with Crippen LogP contribution < -0.4 is 19.9 Å². The van der Waals surface area contributed by atoms with Crippen molar-refractivity contribution in [3.05, 3.63) is 34.2 Å². The first-order chi connectivity index (χ1) is 13.2. The molecule has 1 aromatic carbocycles. The molecule has 156 valence electrons. The highest BCUT2D eigenvalue weighted by atomic mass is 32.2. The number of aryl methyl sites for hydroxylation is 1. The van der Waals surface area contributed by atoms with Crippen LogP contribution in [-0.4, -0.2) is 42.2 Å². The Kier molecular flexibility index (Phi) is 7.22. The summed E-state index contributed by atoms with van der Waals surface area (Å²) in [6, 6.07) is 5.18. The molecular formula is C17H26N4O6S. The number of hydrogen-bond acceptors (Lipinski definition) is 7. The van der Waals surface area contributed by atoms with E-state index in [4.69, 9.17) is 14.2 Å². The molecule has 0 radical (unpaired) electrons. The van der Waals surface area contributed by atoms with Gasteiger partial charge in [-0.15, -0.1) is 5.10 Å². The van der Waals surface area contributed by atoms with Gasteiger partial charge in [0.2, 0.25) is 10.0 Å². The molecule has 0 amide bonds. The van der Waals surface area contributed by atoms with Gasteiger partial charge in [0.15, 0.2) is 0 Å². The molecule has 0 unspecified atom stereocenters. The minimum Gasteiger partial charge on any atom is -0.490 e. The van der Waals surface area contributed by atoms with E-state index in [9.17, 15) is 13.2 Å². The molecule has 2 rings (SSSR count).